The number of hydrogen-bond donors (Lipinski definition) is 0. The highest BCUT2D eigenvalue weighted by atomic mass is 14.2. The van der Waals surface area contributed by atoms with Gasteiger partial charge >= 0.3 is 0 Å². The van der Waals surface area contributed by atoms with Crippen LogP contribution in [-0.2, 0) is 0 Å². The highest BCUT2D eigenvalue weighted by Gasteiger charge is 2.15. The van der Waals surface area contributed by atoms with Gasteiger partial charge < -0.3 is 0 Å². The molecule has 1 rings (SSSR count). The van der Waals surface area contributed by atoms with Crippen LogP contribution in [0, 0.1) is 5.92 Å². The molecule has 0 saturated carbocycles. The second-order valence-corrected chi connectivity index (χ2v) is 4.29. The summed E-state index contributed by atoms with van der Waals surface area (Å²) < 4.78 is 0. The van der Waals surface area contributed by atoms with Gasteiger partial charge in [0.2, 0.25) is 0 Å². The summed E-state index contributed by atoms with van der Waals surface area (Å²) in [7, 11) is 0. The van der Waals surface area contributed by atoms with Gasteiger partial charge in [0.05, 0.1) is 0 Å². The van der Waals surface area contributed by atoms with Crippen LogP contribution in [0.15, 0.2) is 73.0 Å². The summed E-state index contributed by atoms with van der Waals surface area (Å²) in [6.07, 6.45) is 5.76. The van der Waals surface area contributed by atoms with Crippen molar-refractivity contribution in [2.24, 2.45) is 5.92 Å². The first-order valence-corrected chi connectivity index (χ1v) is 5.93. The Morgan fingerprint density at radius 3 is 2.47 bits per heavy atom. The molecule has 88 valence electrons. The summed E-state index contributed by atoms with van der Waals surface area (Å²) in [5.74, 6) is 0.896. The van der Waals surface area contributed by atoms with Gasteiger partial charge in [0.1, 0.15) is 0 Å². The maximum absolute atomic E-state index is 4.12. The first-order valence-electron chi connectivity index (χ1n) is 5.93. The molecule has 0 aliphatic rings. The van der Waals surface area contributed by atoms with Crippen LogP contribution in [0.2, 0.25) is 0 Å². The molecule has 0 saturated heterocycles. The number of allylic oxidation sites excluding steroid dienone is 4. The minimum Gasteiger partial charge on any atom is -0.129 e. The van der Waals surface area contributed by atoms with E-state index in [0.717, 1.165) is 5.57 Å². The maximum atomic E-state index is 4.12. The third-order valence-corrected chi connectivity index (χ3v) is 3.18. The molecule has 0 N–H and O–H groups in total. The second-order valence-electron chi connectivity index (χ2n) is 4.29. The Kier molecular flexibility index (Phi) is 5.26. The Morgan fingerprint density at radius 1 is 1.24 bits per heavy atom. The molecule has 0 spiro atoms. The van der Waals surface area contributed by atoms with Crippen molar-refractivity contribution in [1.29, 1.82) is 0 Å². The van der Waals surface area contributed by atoms with Crippen LogP contribution in [-0.4, -0.2) is 0 Å². The summed E-state index contributed by atoms with van der Waals surface area (Å²) in [5, 5.41) is 0. The Morgan fingerprint density at radius 2 is 1.88 bits per heavy atom. The molecule has 0 bridgehead atoms. The quantitative estimate of drug-likeness (QED) is 0.494. The highest BCUT2D eigenvalue weighted by Crippen LogP contribution is 2.28. The van der Waals surface area contributed by atoms with Crippen LogP contribution in [0.1, 0.15) is 25.3 Å². The van der Waals surface area contributed by atoms with Crippen LogP contribution < -0.4 is 0 Å². The lowest BCUT2D eigenvalue weighted by atomic mass is 9.84. The van der Waals surface area contributed by atoms with Gasteiger partial charge in [0.25, 0.3) is 0 Å². The van der Waals surface area contributed by atoms with Crippen molar-refractivity contribution in [1.82, 2.24) is 0 Å². The lowest BCUT2D eigenvalue weighted by Gasteiger charge is -2.20. The molecule has 2 unspecified atom stereocenters. The normalized spacial score (nSPS) is 14.0. The average Bonchev–Trinajstić information content (AvgIpc) is 2.38. The third kappa shape index (κ3) is 3.94. The average molecular weight is 224 g/mol. The molecule has 0 fully saturated rings. The lowest BCUT2D eigenvalue weighted by molar-refractivity contribution is 0.572. The van der Waals surface area contributed by atoms with Crippen LogP contribution >= 0.6 is 0 Å². The zero-order valence-electron chi connectivity index (χ0n) is 10.7. The molecule has 0 aliphatic heterocycles. The fourth-order valence-electron chi connectivity index (χ4n) is 1.76. The van der Waals surface area contributed by atoms with Gasteiger partial charge in [-0.2, -0.15) is 0 Å². The fourth-order valence-corrected chi connectivity index (χ4v) is 1.76. The van der Waals surface area contributed by atoms with Crippen molar-refractivity contribution in [3.8, 4) is 0 Å². The van der Waals surface area contributed by atoms with E-state index in [1.165, 1.54) is 5.56 Å². The Balaban J connectivity index is 2.73. The van der Waals surface area contributed by atoms with Gasteiger partial charge in [-0.1, -0.05) is 75.1 Å². The van der Waals surface area contributed by atoms with E-state index in [9.17, 15) is 0 Å². The molecule has 0 aromatic heterocycles. The molecule has 0 heteroatoms. The van der Waals surface area contributed by atoms with Crippen molar-refractivity contribution < 1.29 is 0 Å². The molecular weight excluding hydrogens is 204 g/mol. The summed E-state index contributed by atoms with van der Waals surface area (Å²) in [6, 6.07) is 10.5. The summed E-state index contributed by atoms with van der Waals surface area (Å²) in [6.45, 7) is 12.1. The molecule has 0 aliphatic carbocycles. The van der Waals surface area contributed by atoms with Crippen molar-refractivity contribution in [2.75, 3.05) is 0 Å². The summed E-state index contributed by atoms with van der Waals surface area (Å²) >= 11 is 0. The van der Waals surface area contributed by atoms with Gasteiger partial charge in [-0.05, 0) is 23.5 Å². The first-order chi connectivity index (χ1) is 8.16. The Hall–Kier alpha value is -1.78. The molecule has 1 aromatic rings. The van der Waals surface area contributed by atoms with E-state index in [4.69, 9.17) is 0 Å². The van der Waals surface area contributed by atoms with Crippen molar-refractivity contribution in [3.05, 3.63) is 78.6 Å². The van der Waals surface area contributed by atoms with Crippen LogP contribution in [0.5, 0.6) is 0 Å². The van der Waals surface area contributed by atoms with E-state index in [0.29, 0.717) is 11.8 Å². The van der Waals surface area contributed by atoms with Crippen molar-refractivity contribution in [2.45, 2.75) is 19.8 Å². The van der Waals surface area contributed by atoms with Crippen LogP contribution in [0.4, 0.5) is 0 Å². The maximum Gasteiger partial charge on any atom is -0.0124 e. The molecule has 0 nitrogen and oxygen atoms in total. The molecule has 2 atom stereocenters. The summed E-state index contributed by atoms with van der Waals surface area (Å²) in [4.78, 5) is 0. The van der Waals surface area contributed by atoms with E-state index in [1.807, 2.05) is 18.2 Å². The van der Waals surface area contributed by atoms with Crippen molar-refractivity contribution in [3.63, 3.8) is 0 Å². The largest absolute Gasteiger partial charge is 0.129 e. The Labute approximate surface area is 105 Å². The van der Waals surface area contributed by atoms with E-state index in [2.05, 4.69) is 57.0 Å². The highest BCUT2D eigenvalue weighted by molar-refractivity contribution is 5.27. The number of benzene rings is 1. The predicted molar refractivity (Wildman–Crippen MR) is 76.0 cm³/mol. The van der Waals surface area contributed by atoms with E-state index in [-0.39, 0.29) is 0 Å². The van der Waals surface area contributed by atoms with Gasteiger partial charge in [0, 0.05) is 0 Å². The molecular formula is C17H20. The second kappa shape index (κ2) is 6.73. The van der Waals surface area contributed by atoms with E-state index >= 15 is 0 Å². The Bertz CT molecular complexity index is 430. The third-order valence-electron chi connectivity index (χ3n) is 3.18. The standard InChI is InChI=1S/C17H20/c1-5-6-8-11-14(2)15(3)16(4)17-12-9-7-10-13-17/h6-13,15-16H,1-2H2,3-4H3/b11-8-. The molecule has 17 heavy (non-hydrogen) atoms. The van der Waals surface area contributed by atoms with Gasteiger partial charge in [-0.3, -0.25) is 0 Å². The number of hydrogen-bond acceptors (Lipinski definition) is 0. The van der Waals surface area contributed by atoms with Gasteiger partial charge in [0.15, 0.2) is 0 Å². The fraction of sp³-hybridized carbons (Fsp3) is 0.235. The number of rotatable bonds is 5. The molecule has 0 amide bonds. The van der Waals surface area contributed by atoms with Gasteiger partial charge in [-0.15, -0.1) is 5.73 Å². The molecule has 1 aromatic carbocycles. The van der Waals surface area contributed by atoms with Crippen molar-refractivity contribution >= 4 is 0 Å². The lowest BCUT2D eigenvalue weighted by Crippen LogP contribution is -2.07. The topological polar surface area (TPSA) is 0 Å². The van der Waals surface area contributed by atoms with E-state index < -0.39 is 0 Å². The minimum atomic E-state index is 0.423. The molecule has 0 heterocycles. The monoisotopic (exact) mass is 224 g/mol. The van der Waals surface area contributed by atoms with Crippen LogP contribution in [0.3, 0.4) is 0 Å². The van der Waals surface area contributed by atoms with E-state index in [1.54, 1.807) is 6.08 Å². The predicted octanol–water partition coefficient (Wildman–Crippen LogP) is 4.88. The zero-order valence-corrected chi connectivity index (χ0v) is 10.7. The SMILES string of the molecule is C=C=C/C=C\C(=C)C(C)C(C)c1ccccc1. The zero-order chi connectivity index (χ0) is 12.7. The minimum absolute atomic E-state index is 0.423. The first kappa shape index (κ1) is 13.3. The summed E-state index contributed by atoms with van der Waals surface area (Å²) in [5.41, 5.74) is 5.21. The molecule has 0 radical (unpaired) electrons. The van der Waals surface area contributed by atoms with Gasteiger partial charge in [-0.25, -0.2) is 0 Å². The van der Waals surface area contributed by atoms with Crippen LogP contribution in [0.25, 0.3) is 0 Å². The smallest absolute Gasteiger partial charge is 0.0124 e.